The smallest absolute Gasteiger partial charge is 0.263 e. The van der Waals surface area contributed by atoms with E-state index in [4.69, 9.17) is 13.6 Å². The first kappa shape index (κ1) is 17.2. The summed E-state index contributed by atoms with van der Waals surface area (Å²) in [4.78, 5) is 9.63. The molecular weight excluding hydrogens is 306 g/mol. The Morgan fingerprint density at radius 1 is 1.38 bits per heavy atom. The van der Waals surface area contributed by atoms with Crippen molar-refractivity contribution in [1.82, 2.24) is 14.8 Å². The molecular formula is C18H27N3O3. The maximum atomic E-state index is 5.77. The van der Waals surface area contributed by atoms with Crippen LogP contribution in [0.25, 0.3) is 11.7 Å². The summed E-state index contributed by atoms with van der Waals surface area (Å²) in [5, 5.41) is 0. The number of aryl methyl sites for hydroxylation is 1. The van der Waals surface area contributed by atoms with Crippen LogP contribution >= 0.6 is 0 Å². The first-order valence-corrected chi connectivity index (χ1v) is 8.66. The molecule has 1 atom stereocenters. The Morgan fingerprint density at radius 3 is 2.96 bits per heavy atom. The van der Waals surface area contributed by atoms with Crippen LogP contribution in [-0.2, 0) is 11.3 Å². The summed E-state index contributed by atoms with van der Waals surface area (Å²) in [6, 6.07) is 4.29. The van der Waals surface area contributed by atoms with E-state index in [9.17, 15) is 0 Å². The van der Waals surface area contributed by atoms with E-state index in [1.54, 1.807) is 13.4 Å². The third-order valence-corrected chi connectivity index (χ3v) is 4.74. The number of nitrogens with zero attached hydrogens (tertiary/aromatic N) is 3. The Hall–Kier alpha value is -1.63. The number of piperazine rings is 1. The monoisotopic (exact) mass is 333 g/mol. The van der Waals surface area contributed by atoms with Crippen LogP contribution in [0, 0.1) is 6.92 Å². The highest BCUT2D eigenvalue weighted by molar-refractivity contribution is 5.44. The molecule has 1 fully saturated rings. The van der Waals surface area contributed by atoms with Crippen molar-refractivity contribution in [2.45, 2.75) is 32.9 Å². The molecule has 1 saturated heterocycles. The molecule has 0 N–H and O–H groups in total. The largest absolute Gasteiger partial charge is 0.459 e. The lowest BCUT2D eigenvalue weighted by molar-refractivity contribution is 0.0459. The van der Waals surface area contributed by atoms with Crippen LogP contribution in [0.1, 0.15) is 24.8 Å². The molecule has 0 saturated carbocycles. The summed E-state index contributed by atoms with van der Waals surface area (Å²) in [6.07, 6.45) is 2.79. The predicted octanol–water partition coefficient (Wildman–Crippen LogP) is 2.79. The fraction of sp³-hybridized carbons (Fsp3) is 0.611. The van der Waals surface area contributed by atoms with Crippen LogP contribution in [0.3, 0.4) is 0 Å². The third kappa shape index (κ3) is 3.88. The molecule has 0 spiro atoms. The number of furan rings is 1. The highest BCUT2D eigenvalue weighted by Crippen LogP contribution is 2.23. The van der Waals surface area contributed by atoms with Gasteiger partial charge in [-0.05, 0) is 25.5 Å². The standard InChI is InChI=1S/C18H27N3O3/c1-4-15-12-20(7-8-21(15)9-11-22-3)13-16-14(2)24-18(19-16)17-6-5-10-23-17/h5-6,10,15H,4,7-9,11-13H2,1-3H3/t15-/m1/s1. The SMILES string of the molecule is CC[C@@H]1CN(Cc2nc(-c3ccco3)oc2C)CCN1CCOC. The van der Waals surface area contributed by atoms with Crippen molar-refractivity contribution in [3.05, 3.63) is 29.9 Å². The summed E-state index contributed by atoms with van der Waals surface area (Å²) in [7, 11) is 1.77. The summed E-state index contributed by atoms with van der Waals surface area (Å²) in [5.74, 6) is 2.12. The Morgan fingerprint density at radius 2 is 2.25 bits per heavy atom. The number of aromatic nitrogens is 1. The molecule has 2 aromatic rings. The van der Waals surface area contributed by atoms with Crippen molar-refractivity contribution in [2.75, 3.05) is 39.9 Å². The summed E-state index contributed by atoms with van der Waals surface area (Å²) in [6.45, 7) is 10.0. The highest BCUT2D eigenvalue weighted by Gasteiger charge is 2.26. The Kier molecular flexibility index (Phi) is 5.71. The summed E-state index contributed by atoms with van der Waals surface area (Å²) < 4.78 is 16.4. The summed E-state index contributed by atoms with van der Waals surface area (Å²) in [5.41, 5.74) is 1.00. The quantitative estimate of drug-likeness (QED) is 0.776. The number of hydrogen-bond donors (Lipinski definition) is 0. The van der Waals surface area contributed by atoms with Crippen molar-refractivity contribution in [3.63, 3.8) is 0 Å². The van der Waals surface area contributed by atoms with Crippen molar-refractivity contribution < 1.29 is 13.6 Å². The van der Waals surface area contributed by atoms with Gasteiger partial charge in [0, 0.05) is 45.9 Å². The van der Waals surface area contributed by atoms with E-state index < -0.39 is 0 Å². The highest BCUT2D eigenvalue weighted by atomic mass is 16.5. The van der Waals surface area contributed by atoms with E-state index in [-0.39, 0.29) is 0 Å². The second-order valence-corrected chi connectivity index (χ2v) is 6.33. The van der Waals surface area contributed by atoms with Crippen LogP contribution < -0.4 is 0 Å². The minimum absolute atomic E-state index is 0.568. The first-order valence-electron chi connectivity index (χ1n) is 8.66. The average Bonchev–Trinajstić information content (AvgIpc) is 3.24. The molecule has 3 heterocycles. The maximum absolute atomic E-state index is 5.77. The van der Waals surface area contributed by atoms with Crippen LogP contribution in [0.5, 0.6) is 0 Å². The number of rotatable bonds is 7. The van der Waals surface area contributed by atoms with Gasteiger partial charge in [-0.25, -0.2) is 4.98 Å². The lowest BCUT2D eigenvalue weighted by Crippen LogP contribution is -2.53. The maximum Gasteiger partial charge on any atom is 0.263 e. The average molecular weight is 333 g/mol. The minimum atomic E-state index is 0.568. The van der Waals surface area contributed by atoms with Crippen LogP contribution in [0.2, 0.25) is 0 Å². The van der Waals surface area contributed by atoms with Gasteiger partial charge in [-0.15, -0.1) is 0 Å². The van der Waals surface area contributed by atoms with Gasteiger partial charge in [-0.1, -0.05) is 6.92 Å². The molecule has 0 aliphatic carbocycles. The lowest BCUT2D eigenvalue weighted by Gasteiger charge is -2.41. The van der Waals surface area contributed by atoms with Crippen molar-refractivity contribution in [1.29, 1.82) is 0 Å². The molecule has 6 heteroatoms. The van der Waals surface area contributed by atoms with E-state index in [0.29, 0.717) is 17.7 Å². The molecule has 6 nitrogen and oxygen atoms in total. The number of methoxy groups -OCH3 is 1. The fourth-order valence-corrected chi connectivity index (χ4v) is 3.28. The van der Waals surface area contributed by atoms with Gasteiger partial charge in [0.2, 0.25) is 0 Å². The van der Waals surface area contributed by atoms with Crippen LogP contribution in [0.4, 0.5) is 0 Å². The van der Waals surface area contributed by atoms with Gasteiger partial charge >= 0.3 is 0 Å². The van der Waals surface area contributed by atoms with Crippen LogP contribution in [0.15, 0.2) is 27.2 Å². The zero-order chi connectivity index (χ0) is 16.9. The topological polar surface area (TPSA) is 54.9 Å². The molecule has 132 valence electrons. The van der Waals surface area contributed by atoms with E-state index in [2.05, 4.69) is 21.7 Å². The Balaban J connectivity index is 1.62. The lowest BCUT2D eigenvalue weighted by atomic mass is 10.1. The number of ether oxygens (including phenoxy) is 1. The van der Waals surface area contributed by atoms with Gasteiger partial charge < -0.3 is 13.6 Å². The van der Waals surface area contributed by atoms with Gasteiger partial charge in [0.15, 0.2) is 5.76 Å². The predicted molar refractivity (Wildman–Crippen MR) is 91.7 cm³/mol. The molecule has 0 amide bonds. The Labute approximate surface area is 143 Å². The molecule has 3 rings (SSSR count). The molecule has 1 aliphatic heterocycles. The fourth-order valence-electron chi connectivity index (χ4n) is 3.28. The number of hydrogen-bond acceptors (Lipinski definition) is 6. The second-order valence-electron chi connectivity index (χ2n) is 6.33. The molecule has 1 aliphatic rings. The molecule has 0 radical (unpaired) electrons. The third-order valence-electron chi connectivity index (χ3n) is 4.74. The molecule has 0 aromatic carbocycles. The summed E-state index contributed by atoms with van der Waals surface area (Å²) >= 11 is 0. The van der Waals surface area contributed by atoms with Crippen molar-refractivity contribution >= 4 is 0 Å². The Bertz CT molecular complexity index is 623. The van der Waals surface area contributed by atoms with Gasteiger partial charge in [0.25, 0.3) is 5.89 Å². The van der Waals surface area contributed by atoms with Gasteiger partial charge in [-0.2, -0.15) is 0 Å². The van der Waals surface area contributed by atoms with E-state index in [1.807, 2.05) is 19.1 Å². The van der Waals surface area contributed by atoms with Gasteiger partial charge in [0.05, 0.1) is 18.6 Å². The van der Waals surface area contributed by atoms with Gasteiger partial charge in [0.1, 0.15) is 5.76 Å². The van der Waals surface area contributed by atoms with E-state index in [1.165, 1.54) is 0 Å². The van der Waals surface area contributed by atoms with E-state index >= 15 is 0 Å². The van der Waals surface area contributed by atoms with Gasteiger partial charge in [-0.3, -0.25) is 9.80 Å². The molecule has 0 bridgehead atoms. The minimum Gasteiger partial charge on any atom is -0.459 e. The van der Waals surface area contributed by atoms with Crippen molar-refractivity contribution in [3.8, 4) is 11.7 Å². The zero-order valence-electron chi connectivity index (χ0n) is 14.8. The molecule has 24 heavy (non-hydrogen) atoms. The number of oxazole rings is 1. The van der Waals surface area contributed by atoms with E-state index in [0.717, 1.165) is 57.2 Å². The normalized spacial score (nSPS) is 19.9. The second kappa shape index (κ2) is 7.96. The van der Waals surface area contributed by atoms with Crippen molar-refractivity contribution in [2.24, 2.45) is 0 Å². The van der Waals surface area contributed by atoms with Crippen LogP contribution in [-0.4, -0.2) is 60.7 Å². The molecule has 2 aromatic heterocycles. The first-order chi connectivity index (χ1) is 11.7. The zero-order valence-corrected chi connectivity index (χ0v) is 14.8. The molecule has 0 unspecified atom stereocenters.